The number of rotatable bonds is 6. The Morgan fingerprint density at radius 1 is 1.23 bits per heavy atom. The van der Waals surface area contributed by atoms with E-state index in [9.17, 15) is 0 Å². The van der Waals surface area contributed by atoms with E-state index in [2.05, 4.69) is 39.6 Å². The highest BCUT2D eigenvalue weighted by molar-refractivity contribution is 5.88. The second-order valence-corrected chi connectivity index (χ2v) is 3.40. The van der Waals surface area contributed by atoms with E-state index in [1.54, 1.807) is 0 Å². The van der Waals surface area contributed by atoms with E-state index in [1.807, 2.05) is 0 Å². The third-order valence-electron chi connectivity index (χ3n) is 1.90. The molecule has 0 spiro atoms. The van der Waals surface area contributed by atoms with Gasteiger partial charge in [0.15, 0.2) is 0 Å². The van der Waals surface area contributed by atoms with Gasteiger partial charge in [-0.15, -0.1) is 0 Å². The normalized spacial score (nSPS) is 15.1. The molecule has 0 bridgehead atoms. The highest BCUT2D eigenvalue weighted by Gasteiger charge is 2.13. The fraction of sp³-hybridized carbons (Fsp3) is 0.909. The van der Waals surface area contributed by atoms with Crippen LogP contribution >= 0.6 is 0 Å². The van der Waals surface area contributed by atoms with Crippen LogP contribution in [0.2, 0.25) is 0 Å². The van der Waals surface area contributed by atoms with Crippen LogP contribution in [0.5, 0.6) is 0 Å². The van der Waals surface area contributed by atoms with Crippen LogP contribution in [0.25, 0.3) is 0 Å². The van der Waals surface area contributed by atoms with Gasteiger partial charge >= 0.3 is 0 Å². The molecule has 0 saturated carbocycles. The number of ether oxygens (including phenoxy) is 1. The Kier molecular flexibility index (Phi) is 6.87. The molecule has 1 atom stereocenters. The van der Waals surface area contributed by atoms with E-state index in [-0.39, 0.29) is 6.10 Å². The van der Waals surface area contributed by atoms with Gasteiger partial charge in [0.1, 0.15) is 0 Å². The molecule has 0 aromatic heterocycles. The van der Waals surface area contributed by atoms with Crippen molar-refractivity contribution in [1.82, 2.24) is 0 Å². The summed E-state index contributed by atoms with van der Waals surface area (Å²) < 4.78 is 5.77. The van der Waals surface area contributed by atoms with Crippen LogP contribution in [-0.2, 0) is 4.74 Å². The molecule has 0 aromatic rings. The third kappa shape index (κ3) is 5.04. The minimum atomic E-state index is 0.227. The number of hydrogen-bond donors (Lipinski definition) is 0. The Hall–Kier alpha value is -0.370. The zero-order valence-electron chi connectivity index (χ0n) is 9.63. The second-order valence-electron chi connectivity index (χ2n) is 3.40. The average Bonchev–Trinajstić information content (AvgIpc) is 2.10. The fourth-order valence-electron chi connectivity index (χ4n) is 1.38. The van der Waals surface area contributed by atoms with Crippen LogP contribution in [0, 0.1) is 0 Å². The third-order valence-corrected chi connectivity index (χ3v) is 1.90. The van der Waals surface area contributed by atoms with E-state index in [4.69, 9.17) is 4.74 Å². The lowest BCUT2D eigenvalue weighted by atomic mass is 10.1. The Morgan fingerprint density at radius 3 is 2.15 bits per heavy atom. The maximum absolute atomic E-state index is 5.77. The van der Waals surface area contributed by atoms with Crippen molar-refractivity contribution in [3.05, 3.63) is 0 Å². The predicted octanol–water partition coefficient (Wildman–Crippen LogP) is 3.06. The Balaban J connectivity index is 4.25. The molecule has 2 heteroatoms. The standard InChI is InChI=1S/C11H23NO/c1-6-10(12-8-3)11(7-2)13-9(4)5/h9,11H,6-8H2,1-5H3/b12-10-. The van der Waals surface area contributed by atoms with Crippen LogP contribution < -0.4 is 0 Å². The topological polar surface area (TPSA) is 21.6 Å². The molecule has 0 amide bonds. The zero-order chi connectivity index (χ0) is 10.3. The molecule has 0 rings (SSSR count). The van der Waals surface area contributed by atoms with E-state index in [0.29, 0.717) is 6.10 Å². The van der Waals surface area contributed by atoms with Crippen LogP contribution in [0.4, 0.5) is 0 Å². The molecular formula is C11H23NO. The second kappa shape index (κ2) is 7.07. The minimum absolute atomic E-state index is 0.227. The molecule has 78 valence electrons. The first-order chi connectivity index (χ1) is 6.15. The lowest BCUT2D eigenvalue weighted by Crippen LogP contribution is -2.26. The van der Waals surface area contributed by atoms with Gasteiger partial charge in [0.2, 0.25) is 0 Å². The lowest BCUT2D eigenvalue weighted by molar-refractivity contribution is 0.0437. The summed E-state index contributed by atoms with van der Waals surface area (Å²) in [6.45, 7) is 11.4. The minimum Gasteiger partial charge on any atom is -0.370 e. The van der Waals surface area contributed by atoms with Gasteiger partial charge in [-0.25, -0.2) is 0 Å². The Labute approximate surface area is 82.4 Å². The molecular weight excluding hydrogens is 162 g/mol. The maximum Gasteiger partial charge on any atom is 0.0952 e. The summed E-state index contributed by atoms with van der Waals surface area (Å²) in [5, 5.41) is 0. The molecule has 1 unspecified atom stereocenters. The van der Waals surface area contributed by atoms with Gasteiger partial charge < -0.3 is 4.74 Å². The first-order valence-corrected chi connectivity index (χ1v) is 5.34. The monoisotopic (exact) mass is 185 g/mol. The first kappa shape index (κ1) is 12.6. The molecule has 0 N–H and O–H groups in total. The molecule has 0 radical (unpaired) electrons. The summed E-state index contributed by atoms with van der Waals surface area (Å²) in [5.41, 5.74) is 1.21. The van der Waals surface area contributed by atoms with Crippen molar-refractivity contribution in [2.75, 3.05) is 6.54 Å². The van der Waals surface area contributed by atoms with Gasteiger partial charge in [-0.2, -0.15) is 0 Å². The summed E-state index contributed by atoms with van der Waals surface area (Å²) >= 11 is 0. The van der Waals surface area contributed by atoms with Crippen molar-refractivity contribution in [2.45, 2.75) is 59.7 Å². The quantitative estimate of drug-likeness (QED) is 0.583. The van der Waals surface area contributed by atoms with E-state index < -0.39 is 0 Å². The first-order valence-electron chi connectivity index (χ1n) is 5.34. The summed E-state index contributed by atoms with van der Waals surface area (Å²) in [6, 6.07) is 0. The van der Waals surface area contributed by atoms with Crippen molar-refractivity contribution in [3.63, 3.8) is 0 Å². The summed E-state index contributed by atoms with van der Waals surface area (Å²) in [6.07, 6.45) is 2.53. The van der Waals surface area contributed by atoms with E-state index >= 15 is 0 Å². The van der Waals surface area contributed by atoms with Crippen LogP contribution in [-0.4, -0.2) is 24.5 Å². The van der Waals surface area contributed by atoms with Crippen LogP contribution in [0.1, 0.15) is 47.5 Å². The van der Waals surface area contributed by atoms with E-state index in [1.165, 1.54) is 5.71 Å². The Morgan fingerprint density at radius 2 is 1.85 bits per heavy atom. The fourth-order valence-corrected chi connectivity index (χ4v) is 1.38. The summed E-state index contributed by atoms with van der Waals surface area (Å²) in [7, 11) is 0. The lowest BCUT2D eigenvalue weighted by Gasteiger charge is -2.20. The number of hydrogen-bond acceptors (Lipinski definition) is 2. The van der Waals surface area contributed by atoms with Crippen molar-refractivity contribution in [3.8, 4) is 0 Å². The summed E-state index contributed by atoms with van der Waals surface area (Å²) in [5.74, 6) is 0. The van der Waals surface area contributed by atoms with E-state index in [0.717, 1.165) is 19.4 Å². The molecule has 0 fully saturated rings. The van der Waals surface area contributed by atoms with Crippen molar-refractivity contribution in [1.29, 1.82) is 0 Å². The molecule has 13 heavy (non-hydrogen) atoms. The van der Waals surface area contributed by atoms with Crippen LogP contribution in [0.15, 0.2) is 4.99 Å². The molecule has 0 aromatic carbocycles. The molecule has 0 aliphatic rings. The molecule has 0 aliphatic carbocycles. The van der Waals surface area contributed by atoms with Crippen molar-refractivity contribution < 1.29 is 4.74 Å². The molecule has 0 saturated heterocycles. The number of nitrogens with zero attached hydrogens (tertiary/aromatic N) is 1. The highest BCUT2D eigenvalue weighted by atomic mass is 16.5. The summed E-state index contributed by atoms with van der Waals surface area (Å²) in [4.78, 5) is 4.46. The average molecular weight is 185 g/mol. The van der Waals surface area contributed by atoms with Crippen molar-refractivity contribution >= 4 is 5.71 Å². The molecule has 0 heterocycles. The molecule has 2 nitrogen and oxygen atoms in total. The van der Waals surface area contributed by atoms with Gasteiger partial charge in [-0.3, -0.25) is 4.99 Å². The largest absolute Gasteiger partial charge is 0.370 e. The van der Waals surface area contributed by atoms with Crippen LogP contribution in [0.3, 0.4) is 0 Å². The van der Waals surface area contributed by atoms with Gasteiger partial charge in [0.05, 0.1) is 12.2 Å². The number of aliphatic imine (C=N–C) groups is 1. The smallest absolute Gasteiger partial charge is 0.0952 e. The maximum atomic E-state index is 5.77. The predicted molar refractivity (Wildman–Crippen MR) is 58.6 cm³/mol. The van der Waals surface area contributed by atoms with Gasteiger partial charge in [0, 0.05) is 12.3 Å². The Bertz CT molecular complexity index is 152. The van der Waals surface area contributed by atoms with Gasteiger partial charge in [-0.1, -0.05) is 13.8 Å². The van der Waals surface area contributed by atoms with Gasteiger partial charge in [-0.05, 0) is 33.6 Å². The molecule has 0 aliphatic heterocycles. The highest BCUT2D eigenvalue weighted by Crippen LogP contribution is 2.07. The van der Waals surface area contributed by atoms with Crippen molar-refractivity contribution in [2.24, 2.45) is 4.99 Å². The zero-order valence-corrected chi connectivity index (χ0v) is 9.63. The van der Waals surface area contributed by atoms with Gasteiger partial charge in [0.25, 0.3) is 0 Å². The SMILES string of the molecule is CC/N=C(/CC)C(CC)OC(C)C.